The van der Waals surface area contributed by atoms with Crippen LogP contribution in [0.2, 0.25) is 0 Å². The predicted octanol–water partition coefficient (Wildman–Crippen LogP) is 2.99. The van der Waals surface area contributed by atoms with Gasteiger partial charge in [-0.05, 0) is 29.7 Å². The second-order valence-electron chi connectivity index (χ2n) is 5.45. The van der Waals surface area contributed by atoms with E-state index in [-0.39, 0.29) is 11.6 Å². The molecule has 118 valence electrons. The largest absolute Gasteiger partial charge is 0.388 e. The number of nitrogens with one attached hydrogen (secondary N) is 1. The van der Waals surface area contributed by atoms with E-state index >= 15 is 0 Å². The van der Waals surface area contributed by atoms with Crippen LogP contribution in [0.3, 0.4) is 0 Å². The molecular weight excluding hydrogens is 292 g/mol. The van der Waals surface area contributed by atoms with Crippen molar-refractivity contribution in [3.63, 3.8) is 0 Å². The van der Waals surface area contributed by atoms with Crippen LogP contribution in [0.1, 0.15) is 34.3 Å². The van der Waals surface area contributed by atoms with Crippen LogP contribution in [0, 0.1) is 6.92 Å². The normalized spacial score (nSPS) is 12.3. The summed E-state index contributed by atoms with van der Waals surface area (Å²) in [5, 5.41) is 18.9. The quantitative estimate of drug-likeness (QED) is 0.759. The second-order valence-corrected chi connectivity index (χ2v) is 5.45. The number of nitrogens with zero attached hydrogens (tertiary/aromatic N) is 1. The highest BCUT2D eigenvalue weighted by molar-refractivity contribution is 5.92. The van der Waals surface area contributed by atoms with E-state index in [4.69, 9.17) is 4.52 Å². The number of amides is 1. The van der Waals surface area contributed by atoms with Gasteiger partial charge in [-0.3, -0.25) is 4.79 Å². The molecular formula is C18H18N2O3. The van der Waals surface area contributed by atoms with Gasteiger partial charge < -0.3 is 14.9 Å². The fourth-order valence-electron chi connectivity index (χ4n) is 2.58. The molecule has 0 aliphatic rings. The average molecular weight is 310 g/mol. The Hall–Kier alpha value is -2.66. The van der Waals surface area contributed by atoms with Crippen molar-refractivity contribution in [3.05, 3.63) is 65.5 Å². The molecule has 1 amide bonds. The summed E-state index contributed by atoms with van der Waals surface area (Å²) in [6, 6.07) is 15.4. The molecule has 3 aromatic rings. The fraction of sp³-hybridized carbons (Fsp3) is 0.222. The maximum atomic E-state index is 11.9. The number of aromatic nitrogens is 1. The van der Waals surface area contributed by atoms with Crippen molar-refractivity contribution in [1.82, 2.24) is 10.5 Å². The van der Waals surface area contributed by atoms with E-state index in [1.807, 2.05) is 42.5 Å². The number of hydrogen-bond donors (Lipinski definition) is 2. The Balaban J connectivity index is 1.63. The molecule has 0 spiro atoms. The van der Waals surface area contributed by atoms with Gasteiger partial charge in [0.2, 0.25) is 0 Å². The number of carbonyl (C=O) groups excluding carboxylic acids is 1. The first-order valence-electron chi connectivity index (χ1n) is 7.52. The molecule has 0 saturated carbocycles. The summed E-state index contributed by atoms with van der Waals surface area (Å²) < 4.78 is 4.87. The van der Waals surface area contributed by atoms with E-state index in [9.17, 15) is 9.90 Å². The van der Waals surface area contributed by atoms with E-state index < -0.39 is 6.10 Å². The van der Waals surface area contributed by atoms with Crippen molar-refractivity contribution < 1.29 is 14.4 Å². The zero-order chi connectivity index (χ0) is 16.2. The van der Waals surface area contributed by atoms with Crippen molar-refractivity contribution in [1.29, 1.82) is 0 Å². The summed E-state index contributed by atoms with van der Waals surface area (Å²) in [7, 11) is 0. The molecule has 1 heterocycles. The third-order valence-corrected chi connectivity index (χ3v) is 3.75. The predicted molar refractivity (Wildman–Crippen MR) is 87.1 cm³/mol. The van der Waals surface area contributed by atoms with Crippen molar-refractivity contribution in [2.24, 2.45) is 0 Å². The lowest BCUT2D eigenvalue weighted by atomic mass is 9.99. The highest BCUT2D eigenvalue weighted by Crippen LogP contribution is 2.25. The Kier molecular flexibility index (Phi) is 4.39. The molecule has 23 heavy (non-hydrogen) atoms. The summed E-state index contributed by atoms with van der Waals surface area (Å²) in [5.41, 5.74) is 1.12. The highest BCUT2D eigenvalue weighted by atomic mass is 16.5. The van der Waals surface area contributed by atoms with Crippen LogP contribution in [0.5, 0.6) is 0 Å². The first-order chi connectivity index (χ1) is 11.1. The topological polar surface area (TPSA) is 75.4 Å². The van der Waals surface area contributed by atoms with Crippen LogP contribution in [0.15, 0.2) is 53.1 Å². The Morgan fingerprint density at radius 2 is 2.04 bits per heavy atom. The van der Waals surface area contributed by atoms with Gasteiger partial charge >= 0.3 is 0 Å². The van der Waals surface area contributed by atoms with E-state index in [1.165, 1.54) is 0 Å². The number of fused-ring (bicyclic) bond motifs is 1. The highest BCUT2D eigenvalue weighted by Gasteiger charge is 2.13. The molecule has 1 aromatic heterocycles. The van der Waals surface area contributed by atoms with Crippen LogP contribution >= 0.6 is 0 Å². The maximum Gasteiger partial charge on any atom is 0.273 e. The smallest absolute Gasteiger partial charge is 0.273 e. The summed E-state index contributed by atoms with van der Waals surface area (Å²) in [5.74, 6) is 0.290. The summed E-state index contributed by atoms with van der Waals surface area (Å²) in [6.07, 6.45) is -0.211. The minimum absolute atomic E-state index is 0.252. The van der Waals surface area contributed by atoms with Crippen molar-refractivity contribution in [2.75, 3.05) is 6.54 Å². The number of aliphatic hydroxyl groups excluding tert-OH is 1. The van der Waals surface area contributed by atoms with E-state index in [1.54, 1.807) is 13.0 Å². The first-order valence-corrected chi connectivity index (χ1v) is 7.52. The molecule has 2 N–H and O–H groups in total. The summed E-state index contributed by atoms with van der Waals surface area (Å²) in [6.45, 7) is 2.09. The Morgan fingerprint density at radius 3 is 2.83 bits per heavy atom. The molecule has 1 unspecified atom stereocenters. The standard InChI is InChI=1S/C18H18N2O3/c1-12-11-16(20-23-12)18(22)19-10-9-17(21)15-8-4-6-13-5-2-3-7-14(13)15/h2-8,11,17,21H,9-10H2,1H3,(H,19,22). The molecule has 0 bridgehead atoms. The molecule has 0 fully saturated rings. The molecule has 1 atom stereocenters. The van der Waals surface area contributed by atoms with Crippen LogP contribution in [-0.2, 0) is 0 Å². The van der Waals surface area contributed by atoms with E-state index in [2.05, 4.69) is 10.5 Å². The lowest BCUT2D eigenvalue weighted by molar-refractivity contribution is 0.0934. The van der Waals surface area contributed by atoms with Crippen molar-refractivity contribution in [2.45, 2.75) is 19.4 Å². The third-order valence-electron chi connectivity index (χ3n) is 3.75. The Morgan fingerprint density at radius 1 is 1.26 bits per heavy atom. The molecule has 0 aliphatic carbocycles. The SMILES string of the molecule is Cc1cc(C(=O)NCCC(O)c2cccc3ccccc23)no1. The number of aliphatic hydroxyl groups is 1. The molecule has 3 rings (SSSR count). The van der Waals surface area contributed by atoms with Gasteiger partial charge in [-0.2, -0.15) is 0 Å². The van der Waals surface area contributed by atoms with Gasteiger partial charge in [0.1, 0.15) is 5.76 Å². The Labute approximate surface area is 133 Å². The summed E-state index contributed by atoms with van der Waals surface area (Å²) in [4.78, 5) is 11.9. The maximum absolute atomic E-state index is 11.9. The first kappa shape index (κ1) is 15.2. The number of rotatable bonds is 5. The van der Waals surface area contributed by atoms with Crippen LogP contribution in [0.25, 0.3) is 10.8 Å². The number of carbonyl (C=O) groups is 1. The van der Waals surface area contributed by atoms with Crippen molar-refractivity contribution >= 4 is 16.7 Å². The van der Waals surface area contributed by atoms with Gasteiger partial charge in [-0.25, -0.2) is 0 Å². The van der Waals surface area contributed by atoms with Gasteiger partial charge in [0.05, 0.1) is 6.10 Å². The molecule has 0 radical (unpaired) electrons. The van der Waals surface area contributed by atoms with Gasteiger partial charge in [0.25, 0.3) is 5.91 Å². The van der Waals surface area contributed by atoms with Gasteiger partial charge in [0.15, 0.2) is 5.69 Å². The minimum Gasteiger partial charge on any atom is -0.388 e. The molecule has 2 aromatic carbocycles. The fourth-order valence-corrected chi connectivity index (χ4v) is 2.58. The van der Waals surface area contributed by atoms with Crippen LogP contribution in [0.4, 0.5) is 0 Å². The zero-order valence-electron chi connectivity index (χ0n) is 12.8. The zero-order valence-corrected chi connectivity index (χ0v) is 12.8. The van der Waals surface area contributed by atoms with Gasteiger partial charge in [0, 0.05) is 12.6 Å². The van der Waals surface area contributed by atoms with E-state index in [0.717, 1.165) is 16.3 Å². The molecule has 5 nitrogen and oxygen atoms in total. The monoisotopic (exact) mass is 310 g/mol. The Bertz CT molecular complexity index is 821. The number of hydrogen-bond acceptors (Lipinski definition) is 4. The number of aryl methyl sites for hydroxylation is 1. The average Bonchev–Trinajstić information content (AvgIpc) is 3.00. The summed E-state index contributed by atoms with van der Waals surface area (Å²) >= 11 is 0. The lowest BCUT2D eigenvalue weighted by Gasteiger charge is -2.14. The van der Waals surface area contributed by atoms with Crippen molar-refractivity contribution in [3.8, 4) is 0 Å². The van der Waals surface area contributed by atoms with Gasteiger partial charge in [-0.1, -0.05) is 47.6 Å². The molecule has 0 saturated heterocycles. The lowest BCUT2D eigenvalue weighted by Crippen LogP contribution is -2.25. The molecule has 5 heteroatoms. The van der Waals surface area contributed by atoms with Gasteiger partial charge in [-0.15, -0.1) is 0 Å². The van der Waals surface area contributed by atoms with Crippen LogP contribution < -0.4 is 5.32 Å². The number of benzene rings is 2. The van der Waals surface area contributed by atoms with Crippen LogP contribution in [-0.4, -0.2) is 22.7 Å². The third kappa shape index (κ3) is 3.40. The van der Waals surface area contributed by atoms with E-state index in [0.29, 0.717) is 18.7 Å². The second kappa shape index (κ2) is 6.62. The molecule has 0 aliphatic heterocycles. The minimum atomic E-state index is -0.638.